The second kappa shape index (κ2) is 9.43. The number of hydrogen-bond acceptors (Lipinski definition) is 4. The molecule has 158 valence electrons. The van der Waals surface area contributed by atoms with Crippen LogP contribution in [0.2, 0.25) is 0 Å². The van der Waals surface area contributed by atoms with E-state index in [1.165, 1.54) is 0 Å². The largest absolute Gasteiger partial charge is 0.492 e. The number of unbranched alkanes of at least 4 members (excludes halogenated alkanes) is 1. The van der Waals surface area contributed by atoms with Gasteiger partial charge in [0.15, 0.2) is 0 Å². The Hall–Kier alpha value is -3.35. The van der Waals surface area contributed by atoms with Gasteiger partial charge in [-0.3, -0.25) is 14.5 Å². The number of anilines is 1. The van der Waals surface area contributed by atoms with Gasteiger partial charge in [0.25, 0.3) is 5.91 Å². The molecule has 1 aliphatic rings. The van der Waals surface area contributed by atoms with Gasteiger partial charge < -0.3 is 15.4 Å². The summed E-state index contributed by atoms with van der Waals surface area (Å²) in [4.78, 5) is 39.6. The molecule has 7 nitrogen and oxygen atoms in total. The summed E-state index contributed by atoms with van der Waals surface area (Å²) in [5, 5.41) is 5.59. The molecule has 0 aliphatic carbocycles. The van der Waals surface area contributed by atoms with Crippen LogP contribution in [-0.4, -0.2) is 35.9 Å². The zero-order valence-electron chi connectivity index (χ0n) is 17.3. The molecule has 7 heteroatoms. The Labute approximate surface area is 176 Å². The number of carbonyl (C=O) groups is 3. The molecule has 2 aromatic carbocycles. The third-order valence-corrected chi connectivity index (χ3v) is 5.11. The van der Waals surface area contributed by atoms with Gasteiger partial charge in [-0.15, -0.1) is 0 Å². The van der Waals surface area contributed by atoms with Crippen molar-refractivity contribution in [1.29, 1.82) is 0 Å². The summed E-state index contributed by atoms with van der Waals surface area (Å²) in [6.45, 7) is 3.97. The van der Waals surface area contributed by atoms with Crippen LogP contribution in [0.3, 0.4) is 0 Å². The predicted molar refractivity (Wildman–Crippen MR) is 114 cm³/mol. The SMILES string of the molecule is CCCCC1(c2ccccc2)NC(=O)N(CC(=O)Nc2ccccc2OCC)C1=O. The van der Waals surface area contributed by atoms with Crippen molar-refractivity contribution in [2.24, 2.45) is 0 Å². The van der Waals surface area contributed by atoms with Gasteiger partial charge in [0.05, 0.1) is 12.3 Å². The van der Waals surface area contributed by atoms with E-state index in [-0.39, 0.29) is 6.54 Å². The molecule has 0 aromatic heterocycles. The van der Waals surface area contributed by atoms with E-state index in [1.807, 2.05) is 44.2 Å². The van der Waals surface area contributed by atoms with Crippen molar-refractivity contribution in [2.75, 3.05) is 18.5 Å². The zero-order valence-corrected chi connectivity index (χ0v) is 17.3. The number of rotatable bonds is 9. The van der Waals surface area contributed by atoms with E-state index in [0.717, 1.165) is 23.3 Å². The lowest BCUT2D eigenvalue weighted by Crippen LogP contribution is -2.44. The molecule has 0 bridgehead atoms. The van der Waals surface area contributed by atoms with Crippen LogP contribution in [0.1, 0.15) is 38.7 Å². The average molecular weight is 409 g/mol. The lowest BCUT2D eigenvalue weighted by Gasteiger charge is -2.27. The third kappa shape index (κ3) is 4.30. The standard InChI is InChI=1S/C23H27N3O4/c1-3-5-15-23(17-11-7-6-8-12-17)21(28)26(22(29)25-23)16-20(27)24-18-13-9-10-14-19(18)30-4-2/h6-14H,3-5,15-16H2,1-2H3,(H,24,27)(H,25,29). The van der Waals surface area contributed by atoms with Crippen molar-refractivity contribution in [3.63, 3.8) is 0 Å². The molecule has 0 spiro atoms. The highest BCUT2D eigenvalue weighted by Gasteiger charge is 2.52. The van der Waals surface area contributed by atoms with E-state index >= 15 is 0 Å². The van der Waals surface area contributed by atoms with Crippen LogP contribution in [0.4, 0.5) is 10.5 Å². The fourth-order valence-electron chi connectivity index (χ4n) is 3.63. The molecular formula is C23H27N3O4. The first-order valence-electron chi connectivity index (χ1n) is 10.2. The number of nitrogens with zero attached hydrogens (tertiary/aromatic N) is 1. The quantitative estimate of drug-likeness (QED) is 0.619. The first-order valence-corrected chi connectivity index (χ1v) is 10.2. The van der Waals surface area contributed by atoms with Crippen molar-refractivity contribution in [1.82, 2.24) is 10.2 Å². The molecule has 1 aliphatic heterocycles. The Balaban J connectivity index is 1.79. The van der Waals surface area contributed by atoms with Crippen LogP contribution in [0, 0.1) is 0 Å². The summed E-state index contributed by atoms with van der Waals surface area (Å²) in [5.41, 5.74) is 0.0795. The van der Waals surface area contributed by atoms with Crippen molar-refractivity contribution in [2.45, 2.75) is 38.6 Å². The normalized spacial score (nSPS) is 18.3. The van der Waals surface area contributed by atoms with Crippen molar-refractivity contribution >= 4 is 23.5 Å². The van der Waals surface area contributed by atoms with Gasteiger partial charge in [-0.1, -0.05) is 62.2 Å². The van der Waals surface area contributed by atoms with Crippen LogP contribution < -0.4 is 15.4 Å². The minimum atomic E-state index is -1.14. The maximum atomic E-state index is 13.3. The van der Waals surface area contributed by atoms with Crippen LogP contribution in [0.5, 0.6) is 5.75 Å². The summed E-state index contributed by atoms with van der Waals surface area (Å²) in [6.07, 6.45) is 2.12. The van der Waals surface area contributed by atoms with Gasteiger partial charge >= 0.3 is 6.03 Å². The predicted octanol–water partition coefficient (Wildman–Crippen LogP) is 3.66. The summed E-state index contributed by atoms with van der Waals surface area (Å²) in [7, 11) is 0. The van der Waals surface area contributed by atoms with Gasteiger partial charge in [-0.25, -0.2) is 4.79 Å². The molecule has 2 N–H and O–H groups in total. The third-order valence-electron chi connectivity index (χ3n) is 5.11. The highest BCUT2D eigenvalue weighted by Crippen LogP contribution is 2.34. The van der Waals surface area contributed by atoms with Gasteiger partial charge in [0.1, 0.15) is 17.8 Å². The molecule has 30 heavy (non-hydrogen) atoms. The summed E-state index contributed by atoms with van der Waals surface area (Å²) < 4.78 is 5.51. The molecule has 0 saturated carbocycles. The number of ether oxygens (including phenoxy) is 1. The molecule has 3 rings (SSSR count). The summed E-state index contributed by atoms with van der Waals surface area (Å²) >= 11 is 0. The van der Waals surface area contributed by atoms with E-state index in [0.29, 0.717) is 24.5 Å². The molecule has 1 saturated heterocycles. The average Bonchev–Trinajstić information content (AvgIpc) is 2.99. The van der Waals surface area contributed by atoms with Crippen molar-refractivity contribution in [3.05, 3.63) is 60.2 Å². The molecule has 1 atom stereocenters. The van der Waals surface area contributed by atoms with E-state index in [2.05, 4.69) is 10.6 Å². The Morgan fingerprint density at radius 3 is 2.47 bits per heavy atom. The first-order chi connectivity index (χ1) is 14.5. The maximum Gasteiger partial charge on any atom is 0.325 e. The fourth-order valence-corrected chi connectivity index (χ4v) is 3.63. The van der Waals surface area contributed by atoms with E-state index in [9.17, 15) is 14.4 Å². The zero-order chi connectivity index (χ0) is 21.6. The highest BCUT2D eigenvalue weighted by molar-refractivity contribution is 6.10. The molecule has 2 aromatic rings. The Morgan fingerprint density at radius 2 is 1.77 bits per heavy atom. The smallest absolute Gasteiger partial charge is 0.325 e. The summed E-state index contributed by atoms with van der Waals surface area (Å²) in [5.74, 6) is -0.336. The summed E-state index contributed by atoms with van der Waals surface area (Å²) in [6, 6.07) is 15.7. The molecule has 4 amide bonds. The topological polar surface area (TPSA) is 87.7 Å². The highest BCUT2D eigenvalue weighted by atomic mass is 16.5. The van der Waals surface area contributed by atoms with Crippen LogP contribution in [-0.2, 0) is 15.1 Å². The van der Waals surface area contributed by atoms with Crippen molar-refractivity contribution in [3.8, 4) is 5.75 Å². The fraction of sp³-hybridized carbons (Fsp3) is 0.348. The van der Waals surface area contributed by atoms with E-state index in [1.54, 1.807) is 24.3 Å². The minimum absolute atomic E-state index is 0.369. The number of para-hydroxylation sites is 2. The number of nitrogens with one attached hydrogen (secondary N) is 2. The van der Waals surface area contributed by atoms with Gasteiger partial charge in [-0.2, -0.15) is 0 Å². The first kappa shape index (κ1) is 21.4. The van der Waals surface area contributed by atoms with Crippen molar-refractivity contribution < 1.29 is 19.1 Å². The molecule has 1 heterocycles. The van der Waals surface area contributed by atoms with E-state index < -0.39 is 23.4 Å². The Morgan fingerprint density at radius 1 is 1.07 bits per heavy atom. The molecular weight excluding hydrogens is 382 g/mol. The number of amides is 4. The second-order valence-electron chi connectivity index (χ2n) is 7.17. The van der Waals surface area contributed by atoms with Gasteiger partial charge in [-0.05, 0) is 31.0 Å². The number of urea groups is 1. The maximum absolute atomic E-state index is 13.3. The molecule has 0 radical (unpaired) electrons. The van der Waals surface area contributed by atoms with Gasteiger partial charge in [0, 0.05) is 0 Å². The Bertz CT molecular complexity index is 916. The molecule has 1 fully saturated rings. The van der Waals surface area contributed by atoms with Gasteiger partial charge in [0.2, 0.25) is 5.91 Å². The van der Waals surface area contributed by atoms with E-state index in [4.69, 9.17) is 4.74 Å². The number of hydrogen-bond donors (Lipinski definition) is 2. The van der Waals surface area contributed by atoms with Crippen LogP contribution in [0.15, 0.2) is 54.6 Å². The van der Waals surface area contributed by atoms with Crippen LogP contribution >= 0.6 is 0 Å². The number of carbonyl (C=O) groups excluding carboxylic acids is 3. The monoisotopic (exact) mass is 409 g/mol. The second-order valence-corrected chi connectivity index (χ2v) is 7.17. The lowest BCUT2D eigenvalue weighted by atomic mass is 9.85. The number of benzene rings is 2. The molecule has 1 unspecified atom stereocenters. The Kier molecular flexibility index (Phi) is 6.72. The number of imide groups is 1. The minimum Gasteiger partial charge on any atom is -0.492 e. The lowest BCUT2D eigenvalue weighted by molar-refractivity contribution is -0.134. The van der Waals surface area contributed by atoms with Crippen LogP contribution in [0.25, 0.3) is 0 Å².